The monoisotopic (exact) mass is 290 g/mol. The van der Waals surface area contributed by atoms with E-state index in [0.717, 1.165) is 6.42 Å². The minimum atomic E-state index is -0.592. The second kappa shape index (κ2) is 7.18. The fourth-order valence-corrected chi connectivity index (χ4v) is 1.71. The minimum absolute atomic E-state index is 0.0418. The van der Waals surface area contributed by atoms with Crippen molar-refractivity contribution in [1.29, 1.82) is 0 Å². The Kier molecular flexibility index (Phi) is 5.88. The Labute approximate surface area is 114 Å². The molecule has 7 heteroatoms. The number of rotatable bonds is 6. The largest absolute Gasteiger partial charge is 0.326 e. The Morgan fingerprint density at radius 2 is 2.11 bits per heavy atom. The van der Waals surface area contributed by atoms with Crippen LogP contribution in [-0.4, -0.2) is 16.7 Å². The van der Waals surface area contributed by atoms with Crippen LogP contribution in [0.5, 0.6) is 0 Å². The van der Waals surface area contributed by atoms with Gasteiger partial charge in [-0.2, -0.15) is 0 Å². The third kappa shape index (κ3) is 4.50. The number of anilines is 1. The third-order valence-corrected chi connectivity index (χ3v) is 2.80. The molecular weight excluding hydrogens is 279 g/mol. The lowest BCUT2D eigenvalue weighted by Crippen LogP contribution is -2.11. The van der Waals surface area contributed by atoms with E-state index in [2.05, 4.69) is 5.32 Å². The lowest BCUT2D eigenvalue weighted by molar-refractivity contribution is -0.384. The fourth-order valence-electron chi connectivity index (χ4n) is 1.33. The summed E-state index contributed by atoms with van der Waals surface area (Å²) in [5.41, 5.74) is 0.136. The van der Waals surface area contributed by atoms with Gasteiger partial charge >= 0.3 is 0 Å². The molecule has 0 fully saturated rings. The minimum Gasteiger partial charge on any atom is -0.326 e. The molecule has 0 saturated carbocycles. The molecule has 0 saturated heterocycles. The van der Waals surface area contributed by atoms with E-state index in [1.807, 2.05) is 0 Å². The molecule has 0 aliphatic carbocycles. The topological polar surface area (TPSA) is 72.2 Å². The standard InChI is InChI=1S/C11H12Cl2N2O3/c12-6-2-1-3-11(16)14-8-4-5-9(13)10(7-8)15(17)18/h4-5,7H,1-3,6H2,(H,14,16). The number of nitrogens with one attached hydrogen (secondary N) is 1. The van der Waals surface area contributed by atoms with Gasteiger partial charge in [0.25, 0.3) is 5.69 Å². The molecule has 0 aliphatic rings. The Morgan fingerprint density at radius 3 is 2.72 bits per heavy atom. The SMILES string of the molecule is O=C(CCCCCl)Nc1ccc(Cl)c([N+](=O)[O-])c1. The maximum Gasteiger partial charge on any atom is 0.289 e. The third-order valence-electron chi connectivity index (χ3n) is 2.21. The molecule has 5 nitrogen and oxygen atoms in total. The predicted molar refractivity (Wildman–Crippen MR) is 71.3 cm³/mol. The molecule has 0 heterocycles. The van der Waals surface area contributed by atoms with Crippen molar-refractivity contribution in [3.63, 3.8) is 0 Å². The molecule has 0 radical (unpaired) electrons. The maximum absolute atomic E-state index is 11.5. The summed E-state index contributed by atoms with van der Waals surface area (Å²) in [4.78, 5) is 21.6. The van der Waals surface area contributed by atoms with Crippen LogP contribution in [-0.2, 0) is 4.79 Å². The molecule has 1 aromatic carbocycles. The van der Waals surface area contributed by atoms with Crippen LogP contribution in [0.1, 0.15) is 19.3 Å². The van der Waals surface area contributed by atoms with Crippen molar-refractivity contribution in [2.24, 2.45) is 0 Å². The van der Waals surface area contributed by atoms with Crippen molar-refractivity contribution in [1.82, 2.24) is 0 Å². The van der Waals surface area contributed by atoms with Gasteiger partial charge in [-0.15, -0.1) is 11.6 Å². The Bertz CT molecular complexity index is 452. The number of alkyl halides is 1. The molecule has 0 spiro atoms. The van der Waals surface area contributed by atoms with Crippen LogP contribution >= 0.6 is 23.2 Å². The zero-order chi connectivity index (χ0) is 13.5. The molecule has 98 valence electrons. The van der Waals surface area contributed by atoms with Crippen molar-refractivity contribution in [2.45, 2.75) is 19.3 Å². The van der Waals surface area contributed by atoms with Gasteiger partial charge < -0.3 is 5.32 Å². The van der Waals surface area contributed by atoms with Crippen LogP contribution < -0.4 is 5.32 Å². The number of carbonyl (C=O) groups excluding carboxylic acids is 1. The normalized spacial score (nSPS) is 10.1. The van der Waals surface area contributed by atoms with E-state index in [0.29, 0.717) is 24.4 Å². The first kappa shape index (κ1) is 14.7. The highest BCUT2D eigenvalue weighted by Gasteiger charge is 2.13. The fraction of sp³-hybridized carbons (Fsp3) is 0.364. The van der Waals surface area contributed by atoms with Gasteiger partial charge in [0.1, 0.15) is 5.02 Å². The van der Waals surface area contributed by atoms with Gasteiger partial charge in [0.2, 0.25) is 5.91 Å². The highest BCUT2D eigenvalue weighted by molar-refractivity contribution is 6.32. The number of carbonyl (C=O) groups is 1. The molecule has 1 aromatic rings. The van der Waals surface area contributed by atoms with Gasteiger partial charge in [-0.1, -0.05) is 11.6 Å². The summed E-state index contributed by atoms with van der Waals surface area (Å²) >= 11 is 11.2. The Morgan fingerprint density at radius 1 is 1.39 bits per heavy atom. The second-order valence-electron chi connectivity index (χ2n) is 3.62. The van der Waals surface area contributed by atoms with E-state index in [-0.39, 0.29) is 16.6 Å². The van der Waals surface area contributed by atoms with Crippen LogP contribution in [0.4, 0.5) is 11.4 Å². The lowest BCUT2D eigenvalue weighted by Gasteiger charge is -2.05. The van der Waals surface area contributed by atoms with Gasteiger partial charge in [-0.05, 0) is 25.0 Å². The summed E-state index contributed by atoms with van der Waals surface area (Å²) in [6.45, 7) is 0. The van der Waals surface area contributed by atoms with Gasteiger partial charge in [0.15, 0.2) is 0 Å². The van der Waals surface area contributed by atoms with Crippen molar-refractivity contribution >= 4 is 40.5 Å². The number of nitro groups is 1. The van der Waals surface area contributed by atoms with Crippen LogP contribution in [0.25, 0.3) is 0 Å². The average molecular weight is 291 g/mol. The Balaban J connectivity index is 2.65. The summed E-state index contributed by atoms with van der Waals surface area (Å²) in [5.74, 6) is 0.316. The number of hydrogen-bond acceptors (Lipinski definition) is 3. The van der Waals surface area contributed by atoms with Gasteiger partial charge in [-0.25, -0.2) is 0 Å². The lowest BCUT2D eigenvalue weighted by atomic mass is 10.2. The number of nitro benzene ring substituents is 1. The van der Waals surface area contributed by atoms with Gasteiger partial charge in [0.05, 0.1) is 4.92 Å². The molecule has 1 rings (SSSR count). The van der Waals surface area contributed by atoms with E-state index in [1.54, 1.807) is 0 Å². The number of halogens is 2. The smallest absolute Gasteiger partial charge is 0.289 e. The first-order valence-corrected chi connectivity index (χ1v) is 6.25. The van der Waals surface area contributed by atoms with Crippen molar-refractivity contribution in [3.8, 4) is 0 Å². The molecular formula is C11H12Cl2N2O3. The van der Waals surface area contributed by atoms with E-state index in [1.165, 1.54) is 18.2 Å². The molecule has 0 atom stereocenters. The molecule has 18 heavy (non-hydrogen) atoms. The summed E-state index contributed by atoms with van der Waals surface area (Å²) < 4.78 is 0. The van der Waals surface area contributed by atoms with E-state index >= 15 is 0 Å². The van der Waals surface area contributed by atoms with Crippen molar-refractivity contribution in [2.75, 3.05) is 11.2 Å². The molecule has 0 aromatic heterocycles. The molecule has 0 aliphatic heterocycles. The number of unbranched alkanes of at least 4 members (excludes halogenated alkanes) is 1. The van der Waals surface area contributed by atoms with E-state index in [4.69, 9.17) is 23.2 Å². The second-order valence-corrected chi connectivity index (χ2v) is 4.40. The number of amides is 1. The van der Waals surface area contributed by atoms with E-state index in [9.17, 15) is 14.9 Å². The summed E-state index contributed by atoms with van der Waals surface area (Å²) in [6, 6.07) is 4.14. The maximum atomic E-state index is 11.5. The summed E-state index contributed by atoms with van der Waals surface area (Å²) in [6.07, 6.45) is 1.78. The van der Waals surface area contributed by atoms with Crippen molar-refractivity contribution in [3.05, 3.63) is 33.3 Å². The first-order chi connectivity index (χ1) is 8.54. The van der Waals surface area contributed by atoms with Gasteiger partial charge in [0, 0.05) is 24.1 Å². The zero-order valence-corrected chi connectivity index (χ0v) is 11.0. The number of nitrogens with zero attached hydrogens (tertiary/aromatic N) is 1. The zero-order valence-electron chi connectivity index (χ0n) is 9.49. The predicted octanol–water partition coefficient (Wildman–Crippen LogP) is 3.60. The Hall–Kier alpha value is -1.33. The van der Waals surface area contributed by atoms with Crippen LogP contribution in [0.15, 0.2) is 18.2 Å². The number of hydrogen-bond donors (Lipinski definition) is 1. The molecule has 0 bridgehead atoms. The molecule has 1 amide bonds. The van der Waals surface area contributed by atoms with E-state index < -0.39 is 4.92 Å². The van der Waals surface area contributed by atoms with Crippen LogP contribution in [0, 0.1) is 10.1 Å². The van der Waals surface area contributed by atoms with Crippen LogP contribution in [0.3, 0.4) is 0 Å². The molecule has 1 N–H and O–H groups in total. The average Bonchev–Trinajstić information content (AvgIpc) is 2.31. The number of benzene rings is 1. The quantitative estimate of drug-likeness (QED) is 0.377. The van der Waals surface area contributed by atoms with Crippen molar-refractivity contribution < 1.29 is 9.72 Å². The molecule has 0 unspecified atom stereocenters. The highest BCUT2D eigenvalue weighted by atomic mass is 35.5. The summed E-state index contributed by atoms with van der Waals surface area (Å²) in [5, 5.41) is 13.3. The van der Waals surface area contributed by atoms with Gasteiger partial charge in [-0.3, -0.25) is 14.9 Å². The van der Waals surface area contributed by atoms with Crippen LogP contribution in [0.2, 0.25) is 5.02 Å². The first-order valence-electron chi connectivity index (χ1n) is 5.34. The highest BCUT2D eigenvalue weighted by Crippen LogP contribution is 2.27. The summed E-state index contributed by atoms with van der Waals surface area (Å²) in [7, 11) is 0.